The number of benzene rings is 1. The molecule has 0 saturated carbocycles. The van der Waals surface area contributed by atoms with Crippen LogP contribution in [0.25, 0.3) is 0 Å². The minimum absolute atomic E-state index is 0.0285. The Kier molecular flexibility index (Phi) is 4.97. The van der Waals surface area contributed by atoms with Crippen LogP contribution in [0.3, 0.4) is 0 Å². The number of carbonyl (C=O) groups is 2. The molecule has 1 fully saturated rings. The molecule has 6 nitrogen and oxygen atoms in total. The zero-order valence-corrected chi connectivity index (χ0v) is 14.4. The fourth-order valence-electron chi connectivity index (χ4n) is 3.07. The van der Waals surface area contributed by atoms with Gasteiger partial charge in [0.25, 0.3) is 0 Å². The van der Waals surface area contributed by atoms with E-state index in [2.05, 4.69) is 17.2 Å². The highest BCUT2D eigenvalue weighted by atomic mass is 16.5. The second-order valence-corrected chi connectivity index (χ2v) is 5.94. The SMILES string of the molecule is CCc1ccccc1N1CC(C(=O)Nc2cccnc2OC)CC1=O. The molecule has 0 bridgehead atoms. The van der Waals surface area contributed by atoms with Gasteiger partial charge in [-0.15, -0.1) is 0 Å². The number of methoxy groups -OCH3 is 1. The summed E-state index contributed by atoms with van der Waals surface area (Å²) in [5.74, 6) is -0.272. The number of para-hydroxylation sites is 1. The van der Waals surface area contributed by atoms with Crippen molar-refractivity contribution in [2.24, 2.45) is 5.92 Å². The molecule has 2 heterocycles. The Morgan fingerprint density at radius 1 is 1.32 bits per heavy atom. The summed E-state index contributed by atoms with van der Waals surface area (Å²) < 4.78 is 5.15. The Bertz CT molecular complexity index is 791. The fraction of sp³-hybridized carbons (Fsp3) is 0.316. The summed E-state index contributed by atoms with van der Waals surface area (Å²) in [7, 11) is 1.50. The van der Waals surface area contributed by atoms with Gasteiger partial charge >= 0.3 is 0 Å². The normalized spacial score (nSPS) is 16.8. The van der Waals surface area contributed by atoms with Gasteiger partial charge in [-0.3, -0.25) is 9.59 Å². The quantitative estimate of drug-likeness (QED) is 0.909. The zero-order chi connectivity index (χ0) is 17.8. The van der Waals surface area contributed by atoms with Gasteiger partial charge < -0.3 is 15.0 Å². The van der Waals surface area contributed by atoms with Crippen LogP contribution in [0.4, 0.5) is 11.4 Å². The number of hydrogen-bond donors (Lipinski definition) is 1. The zero-order valence-electron chi connectivity index (χ0n) is 14.4. The monoisotopic (exact) mass is 339 g/mol. The van der Waals surface area contributed by atoms with Crippen LogP contribution >= 0.6 is 0 Å². The van der Waals surface area contributed by atoms with Crippen LogP contribution in [-0.2, 0) is 16.0 Å². The molecule has 0 spiro atoms. The summed E-state index contributed by atoms with van der Waals surface area (Å²) >= 11 is 0. The summed E-state index contributed by atoms with van der Waals surface area (Å²) in [6.07, 6.45) is 2.63. The van der Waals surface area contributed by atoms with Crippen molar-refractivity contribution in [1.82, 2.24) is 4.98 Å². The molecule has 1 atom stereocenters. The highest BCUT2D eigenvalue weighted by Crippen LogP contribution is 2.30. The molecule has 2 amide bonds. The van der Waals surface area contributed by atoms with Crippen LogP contribution in [-0.4, -0.2) is 30.5 Å². The van der Waals surface area contributed by atoms with E-state index in [1.165, 1.54) is 7.11 Å². The van der Waals surface area contributed by atoms with Gasteiger partial charge in [-0.25, -0.2) is 4.98 Å². The molecule has 1 unspecified atom stereocenters. The van der Waals surface area contributed by atoms with Gasteiger partial charge in [-0.2, -0.15) is 0 Å². The van der Waals surface area contributed by atoms with Gasteiger partial charge in [-0.05, 0) is 30.2 Å². The van der Waals surface area contributed by atoms with Crippen molar-refractivity contribution in [3.8, 4) is 5.88 Å². The number of aryl methyl sites for hydroxylation is 1. The predicted octanol–water partition coefficient (Wildman–Crippen LogP) is 2.64. The van der Waals surface area contributed by atoms with Crippen LogP contribution in [0.2, 0.25) is 0 Å². The number of amides is 2. The van der Waals surface area contributed by atoms with Crippen LogP contribution in [0, 0.1) is 5.92 Å². The Labute approximate surface area is 146 Å². The highest BCUT2D eigenvalue weighted by Gasteiger charge is 2.36. The molecule has 1 aromatic heterocycles. The first-order chi connectivity index (χ1) is 12.1. The lowest BCUT2D eigenvalue weighted by Gasteiger charge is -2.20. The maximum absolute atomic E-state index is 12.6. The van der Waals surface area contributed by atoms with Crippen LogP contribution in [0.1, 0.15) is 18.9 Å². The number of ether oxygens (including phenoxy) is 1. The minimum atomic E-state index is -0.401. The Morgan fingerprint density at radius 2 is 2.12 bits per heavy atom. The number of rotatable bonds is 5. The Morgan fingerprint density at radius 3 is 2.88 bits per heavy atom. The standard InChI is InChI=1S/C19H21N3O3/c1-3-13-7-4-5-9-16(13)22-12-14(11-17(22)23)18(24)21-15-8-6-10-20-19(15)25-2/h4-10,14H,3,11-12H2,1-2H3,(H,21,24). The molecule has 130 valence electrons. The first kappa shape index (κ1) is 17.0. The van der Waals surface area contributed by atoms with E-state index in [9.17, 15) is 9.59 Å². The van der Waals surface area contributed by atoms with E-state index in [1.807, 2.05) is 24.3 Å². The smallest absolute Gasteiger partial charge is 0.237 e. The lowest BCUT2D eigenvalue weighted by molar-refractivity contribution is -0.122. The van der Waals surface area contributed by atoms with Crippen molar-refractivity contribution < 1.29 is 14.3 Å². The molecule has 0 aliphatic carbocycles. The second kappa shape index (κ2) is 7.34. The Hall–Kier alpha value is -2.89. The molecule has 1 aliphatic rings. The lowest BCUT2D eigenvalue weighted by Crippen LogP contribution is -2.28. The van der Waals surface area contributed by atoms with Crippen LogP contribution < -0.4 is 15.0 Å². The number of nitrogens with one attached hydrogen (secondary N) is 1. The van der Waals surface area contributed by atoms with E-state index < -0.39 is 5.92 Å². The number of hydrogen-bond acceptors (Lipinski definition) is 4. The van der Waals surface area contributed by atoms with Gasteiger partial charge in [0.1, 0.15) is 5.69 Å². The molecule has 0 radical (unpaired) electrons. The van der Waals surface area contributed by atoms with E-state index in [-0.39, 0.29) is 18.2 Å². The molecule has 1 aromatic carbocycles. The van der Waals surface area contributed by atoms with Gasteiger partial charge in [0.2, 0.25) is 17.7 Å². The molecule has 1 aliphatic heterocycles. The van der Waals surface area contributed by atoms with Crippen molar-refractivity contribution in [2.45, 2.75) is 19.8 Å². The van der Waals surface area contributed by atoms with E-state index in [1.54, 1.807) is 23.2 Å². The third kappa shape index (κ3) is 3.47. The molecule has 6 heteroatoms. The number of pyridine rings is 1. The molecule has 3 rings (SSSR count). The highest BCUT2D eigenvalue weighted by molar-refractivity contribution is 6.04. The summed E-state index contributed by atoms with van der Waals surface area (Å²) in [6.45, 7) is 2.43. The number of anilines is 2. The maximum Gasteiger partial charge on any atom is 0.237 e. The topological polar surface area (TPSA) is 71.5 Å². The maximum atomic E-state index is 12.6. The summed E-state index contributed by atoms with van der Waals surface area (Å²) in [5, 5.41) is 2.82. The lowest BCUT2D eigenvalue weighted by atomic mass is 10.1. The molecule has 1 N–H and O–H groups in total. The van der Waals surface area contributed by atoms with E-state index in [0.29, 0.717) is 18.1 Å². The first-order valence-electron chi connectivity index (χ1n) is 8.32. The van der Waals surface area contributed by atoms with Gasteiger partial charge in [-0.1, -0.05) is 25.1 Å². The fourth-order valence-corrected chi connectivity index (χ4v) is 3.07. The second-order valence-electron chi connectivity index (χ2n) is 5.94. The number of aromatic nitrogens is 1. The average molecular weight is 339 g/mol. The molecule has 1 saturated heterocycles. The van der Waals surface area contributed by atoms with Gasteiger partial charge in [0.05, 0.1) is 13.0 Å². The van der Waals surface area contributed by atoms with Crippen LogP contribution in [0.5, 0.6) is 5.88 Å². The third-order valence-corrected chi connectivity index (χ3v) is 4.38. The van der Waals surface area contributed by atoms with E-state index >= 15 is 0 Å². The van der Waals surface area contributed by atoms with Crippen LogP contribution in [0.15, 0.2) is 42.6 Å². The number of nitrogens with zero attached hydrogens (tertiary/aromatic N) is 2. The van der Waals surface area contributed by atoms with Crippen molar-refractivity contribution in [3.63, 3.8) is 0 Å². The molecule has 25 heavy (non-hydrogen) atoms. The predicted molar refractivity (Wildman–Crippen MR) is 95.7 cm³/mol. The summed E-state index contributed by atoms with van der Waals surface area (Å²) in [4.78, 5) is 30.8. The minimum Gasteiger partial charge on any atom is -0.480 e. The molecular weight excluding hydrogens is 318 g/mol. The summed E-state index contributed by atoms with van der Waals surface area (Å²) in [5.41, 5.74) is 2.50. The van der Waals surface area contributed by atoms with Crippen molar-refractivity contribution in [1.29, 1.82) is 0 Å². The van der Waals surface area contributed by atoms with Gasteiger partial charge in [0, 0.05) is 24.8 Å². The van der Waals surface area contributed by atoms with E-state index in [4.69, 9.17) is 4.74 Å². The summed E-state index contributed by atoms with van der Waals surface area (Å²) in [6, 6.07) is 11.3. The van der Waals surface area contributed by atoms with Crippen molar-refractivity contribution >= 4 is 23.2 Å². The first-order valence-corrected chi connectivity index (χ1v) is 8.32. The molecular formula is C19H21N3O3. The van der Waals surface area contributed by atoms with Gasteiger partial charge in [0.15, 0.2) is 0 Å². The number of carbonyl (C=O) groups excluding carboxylic acids is 2. The van der Waals surface area contributed by atoms with Crippen molar-refractivity contribution in [3.05, 3.63) is 48.2 Å². The van der Waals surface area contributed by atoms with Crippen molar-refractivity contribution in [2.75, 3.05) is 23.9 Å². The largest absolute Gasteiger partial charge is 0.480 e. The average Bonchev–Trinajstić information content (AvgIpc) is 3.03. The third-order valence-electron chi connectivity index (χ3n) is 4.38. The Balaban J connectivity index is 1.75. The molecule has 2 aromatic rings. The van der Waals surface area contributed by atoms with E-state index in [0.717, 1.165) is 17.7 Å².